The maximum Gasteiger partial charge on any atom is 0.0266 e. The summed E-state index contributed by atoms with van der Waals surface area (Å²) in [5.41, 5.74) is 0. The highest BCUT2D eigenvalue weighted by molar-refractivity contribution is 6.22. The molecule has 0 unspecified atom stereocenters. The monoisotopic (exact) mass is 222 g/mol. The topological polar surface area (TPSA) is 0 Å². The van der Waals surface area contributed by atoms with Gasteiger partial charge < -0.3 is 0 Å². The first-order valence-electron chi connectivity index (χ1n) is 3.04. The van der Waals surface area contributed by atoms with E-state index in [1.807, 2.05) is 0 Å². The summed E-state index contributed by atoms with van der Waals surface area (Å²) < 4.78 is 0. The van der Waals surface area contributed by atoms with Gasteiger partial charge in [0.25, 0.3) is 0 Å². The Morgan fingerprint density at radius 2 is 0.800 bits per heavy atom. The van der Waals surface area contributed by atoms with Gasteiger partial charge in [0.15, 0.2) is 0 Å². The van der Waals surface area contributed by atoms with E-state index in [2.05, 4.69) is 0 Å². The summed E-state index contributed by atoms with van der Waals surface area (Å²) in [4.78, 5) is 0. The first-order valence-corrected chi connectivity index (χ1v) is 5.17. The first kappa shape index (κ1) is 11.2. The van der Waals surface area contributed by atoms with Crippen LogP contribution in [0.25, 0.3) is 0 Å². The highest BCUT2D eigenvalue weighted by Gasteiger charge is 2.17. The molecule has 0 aromatic carbocycles. The molecule has 0 fully saturated rings. The third kappa shape index (κ3) is 3.52. The van der Waals surface area contributed by atoms with Crippen molar-refractivity contribution < 1.29 is 0 Å². The van der Waals surface area contributed by atoms with Gasteiger partial charge in [-0.1, -0.05) is 0 Å². The molecule has 0 aliphatic heterocycles. The Hall–Kier alpha value is 1.16. The van der Waals surface area contributed by atoms with Gasteiger partial charge in [-0.2, -0.15) is 0 Å². The molecule has 0 rings (SSSR count). The van der Waals surface area contributed by atoms with Crippen LogP contribution in [0, 0.1) is 11.8 Å². The predicted molar refractivity (Wildman–Crippen MR) is 49.9 cm³/mol. The van der Waals surface area contributed by atoms with Crippen molar-refractivity contribution in [1.29, 1.82) is 0 Å². The third-order valence-electron chi connectivity index (χ3n) is 1.46. The van der Waals surface area contributed by atoms with Crippen molar-refractivity contribution in [2.75, 3.05) is 23.5 Å². The van der Waals surface area contributed by atoms with E-state index in [0.29, 0.717) is 23.5 Å². The summed E-state index contributed by atoms with van der Waals surface area (Å²) in [5.74, 6) is 2.64. The molecule has 0 saturated heterocycles. The van der Waals surface area contributed by atoms with E-state index in [1.165, 1.54) is 0 Å². The van der Waals surface area contributed by atoms with Crippen molar-refractivity contribution in [1.82, 2.24) is 0 Å². The average molecular weight is 224 g/mol. The largest absolute Gasteiger partial charge is 0.126 e. The van der Waals surface area contributed by atoms with Crippen LogP contribution >= 0.6 is 46.4 Å². The van der Waals surface area contributed by atoms with Crippen LogP contribution in [0.2, 0.25) is 0 Å². The van der Waals surface area contributed by atoms with E-state index in [-0.39, 0.29) is 11.8 Å². The zero-order valence-electron chi connectivity index (χ0n) is 5.49. The molecule has 0 N–H and O–H groups in total. The zero-order valence-corrected chi connectivity index (χ0v) is 8.52. The van der Waals surface area contributed by atoms with E-state index in [9.17, 15) is 0 Å². The number of hydrogen-bond acceptors (Lipinski definition) is 0. The van der Waals surface area contributed by atoms with Gasteiger partial charge in [-0.05, 0) is 11.8 Å². The smallest absolute Gasteiger partial charge is 0.0266 e. The molecule has 62 valence electrons. The van der Waals surface area contributed by atoms with Crippen molar-refractivity contribution in [2.45, 2.75) is 0 Å². The SMILES string of the molecule is ClCC(CCl)C(CCl)CCl. The van der Waals surface area contributed by atoms with Gasteiger partial charge in [-0.25, -0.2) is 0 Å². The maximum absolute atomic E-state index is 5.62. The van der Waals surface area contributed by atoms with Gasteiger partial charge in [0.1, 0.15) is 0 Å². The van der Waals surface area contributed by atoms with Crippen molar-refractivity contribution in [3.63, 3.8) is 0 Å². The van der Waals surface area contributed by atoms with E-state index >= 15 is 0 Å². The molecule has 10 heavy (non-hydrogen) atoms. The normalized spacial score (nSPS) is 11.4. The van der Waals surface area contributed by atoms with E-state index in [4.69, 9.17) is 46.4 Å². The van der Waals surface area contributed by atoms with Crippen LogP contribution in [0.3, 0.4) is 0 Å². The Labute approximate surface area is 81.8 Å². The lowest BCUT2D eigenvalue weighted by Gasteiger charge is -2.17. The Bertz CT molecular complexity index is 58.1. The Kier molecular flexibility index (Phi) is 7.64. The van der Waals surface area contributed by atoms with Crippen molar-refractivity contribution >= 4 is 46.4 Å². The minimum atomic E-state index is 0.248. The van der Waals surface area contributed by atoms with Crippen LogP contribution < -0.4 is 0 Å². The van der Waals surface area contributed by atoms with Gasteiger partial charge in [0, 0.05) is 23.5 Å². The Balaban J connectivity index is 3.70. The number of alkyl halides is 4. The van der Waals surface area contributed by atoms with Gasteiger partial charge in [-0.15, -0.1) is 46.4 Å². The van der Waals surface area contributed by atoms with Crippen LogP contribution in [0.15, 0.2) is 0 Å². The highest BCUT2D eigenvalue weighted by Crippen LogP contribution is 2.18. The standard InChI is InChI=1S/C6H10Cl4/c7-1-5(2-8)6(3-9)4-10/h5-6H,1-4H2. The van der Waals surface area contributed by atoms with E-state index in [1.54, 1.807) is 0 Å². The quantitative estimate of drug-likeness (QED) is 0.629. The predicted octanol–water partition coefficient (Wildman–Crippen LogP) is 3.17. The molecule has 0 heterocycles. The molecule has 0 saturated carbocycles. The minimum Gasteiger partial charge on any atom is -0.126 e. The minimum absolute atomic E-state index is 0.248. The van der Waals surface area contributed by atoms with E-state index < -0.39 is 0 Å². The Morgan fingerprint density at radius 1 is 0.600 bits per heavy atom. The van der Waals surface area contributed by atoms with Gasteiger partial charge >= 0.3 is 0 Å². The highest BCUT2D eigenvalue weighted by atomic mass is 35.5. The van der Waals surface area contributed by atoms with Crippen molar-refractivity contribution in [3.05, 3.63) is 0 Å². The second kappa shape index (κ2) is 6.84. The molecule has 0 atom stereocenters. The lowest BCUT2D eigenvalue weighted by atomic mass is 10.00. The molecule has 4 heteroatoms. The van der Waals surface area contributed by atoms with Gasteiger partial charge in [-0.3, -0.25) is 0 Å². The number of rotatable bonds is 5. The molecule has 0 aromatic rings. The second-order valence-electron chi connectivity index (χ2n) is 2.14. The molecule has 0 spiro atoms. The van der Waals surface area contributed by atoms with Crippen LogP contribution in [0.1, 0.15) is 0 Å². The molecule has 0 aliphatic rings. The van der Waals surface area contributed by atoms with E-state index in [0.717, 1.165) is 0 Å². The van der Waals surface area contributed by atoms with Crippen molar-refractivity contribution in [3.8, 4) is 0 Å². The molecular weight excluding hydrogens is 214 g/mol. The number of halogens is 4. The summed E-state index contributed by atoms with van der Waals surface area (Å²) in [6.07, 6.45) is 0. The molecule has 0 aromatic heterocycles. The molecular formula is C6H10Cl4. The molecule has 0 nitrogen and oxygen atoms in total. The molecule has 0 bridgehead atoms. The van der Waals surface area contributed by atoms with Crippen LogP contribution in [0.5, 0.6) is 0 Å². The van der Waals surface area contributed by atoms with Gasteiger partial charge in [0.05, 0.1) is 0 Å². The first-order chi connectivity index (χ1) is 4.79. The molecule has 0 aliphatic carbocycles. The summed E-state index contributed by atoms with van der Waals surface area (Å²) in [5, 5.41) is 0. The fraction of sp³-hybridized carbons (Fsp3) is 1.00. The van der Waals surface area contributed by atoms with Crippen LogP contribution in [0.4, 0.5) is 0 Å². The Morgan fingerprint density at radius 3 is 0.900 bits per heavy atom. The maximum atomic E-state index is 5.62. The second-order valence-corrected chi connectivity index (χ2v) is 3.37. The lowest BCUT2D eigenvalue weighted by Crippen LogP contribution is -2.21. The van der Waals surface area contributed by atoms with Crippen molar-refractivity contribution in [2.24, 2.45) is 11.8 Å². The fourth-order valence-corrected chi connectivity index (χ4v) is 2.25. The summed E-state index contributed by atoms with van der Waals surface area (Å²) >= 11 is 22.5. The summed E-state index contributed by atoms with van der Waals surface area (Å²) in [7, 11) is 0. The van der Waals surface area contributed by atoms with Crippen LogP contribution in [-0.2, 0) is 0 Å². The van der Waals surface area contributed by atoms with Gasteiger partial charge in [0.2, 0.25) is 0 Å². The lowest BCUT2D eigenvalue weighted by molar-refractivity contribution is 0.477. The summed E-state index contributed by atoms with van der Waals surface area (Å²) in [6.45, 7) is 0. The average Bonchev–Trinajstić information content (AvgIpc) is 2.00. The number of hydrogen-bond donors (Lipinski definition) is 0. The molecule has 0 radical (unpaired) electrons. The van der Waals surface area contributed by atoms with Crippen LogP contribution in [-0.4, -0.2) is 23.5 Å². The third-order valence-corrected chi connectivity index (χ3v) is 3.05. The summed E-state index contributed by atoms with van der Waals surface area (Å²) in [6, 6.07) is 0. The fourth-order valence-electron chi connectivity index (χ4n) is 0.586. The molecule has 0 amide bonds. The zero-order chi connectivity index (χ0) is 7.98.